The maximum Gasteiger partial charge on any atom is 0.205 e. The molecule has 0 aliphatic rings. The maximum absolute atomic E-state index is 2.17. The average Bonchev–Trinajstić information content (AvgIpc) is 2.14. The van der Waals surface area contributed by atoms with Crippen molar-refractivity contribution < 1.29 is 4.58 Å². The van der Waals surface area contributed by atoms with Gasteiger partial charge in [-0.15, -0.1) is 0 Å². The summed E-state index contributed by atoms with van der Waals surface area (Å²) in [5.41, 5.74) is 2.51. The third-order valence-electron chi connectivity index (χ3n) is 1.91. The van der Waals surface area contributed by atoms with Crippen molar-refractivity contribution >= 4 is 11.9 Å². The highest BCUT2D eigenvalue weighted by Gasteiger charge is 1.99. The summed E-state index contributed by atoms with van der Waals surface area (Å²) in [7, 11) is 2.05. The smallest absolute Gasteiger partial charge is 0.202 e. The molecule has 0 saturated carbocycles. The number of rotatable bonds is 2. The molecule has 0 spiro atoms. The molecule has 0 aromatic heterocycles. The minimum Gasteiger partial charge on any atom is -0.202 e. The average molecular weight is 174 g/mol. The molecule has 0 heterocycles. The molecule has 0 atom stereocenters. The zero-order chi connectivity index (χ0) is 9.68. The van der Waals surface area contributed by atoms with Crippen LogP contribution in [0.2, 0.25) is 0 Å². The number of nitrogens with zero attached hydrogens (tertiary/aromatic N) is 1. The van der Waals surface area contributed by atoms with E-state index < -0.39 is 0 Å². The molecule has 68 valence electrons. The minimum atomic E-state index is 1.22. The van der Waals surface area contributed by atoms with Crippen LogP contribution in [0.5, 0.6) is 0 Å². The molecule has 0 amide bonds. The van der Waals surface area contributed by atoms with Crippen LogP contribution in [-0.4, -0.2) is 17.8 Å². The predicted molar refractivity (Wildman–Crippen MR) is 57.9 cm³/mol. The van der Waals surface area contributed by atoms with Crippen molar-refractivity contribution in [2.24, 2.45) is 0 Å². The van der Waals surface area contributed by atoms with Gasteiger partial charge < -0.3 is 0 Å². The lowest BCUT2D eigenvalue weighted by atomic mass is 10.2. The van der Waals surface area contributed by atoms with Crippen molar-refractivity contribution in [3.63, 3.8) is 0 Å². The van der Waals surface area contributed by atoms with Gasteiger partial charge in [0.05, 0.1) is 0 Å². The van der Waals surface area contributed by atoms with Gasteiger partial charge in [-0.05, 0) is 25.5 Å². The lowest BCUT2D eigenvalue weighted by Gasteiger charge is -1.95. The van der Waals surface area contributed by atoms with Gasteiger partial charge in [0.15, 0.2) is 6.21 Å². The summed E-state index contributed by atoms with van der Waals surface area (Å²) >= 11 is 0. The Kier molecular flexibility index (Phi) is 3.44. The van der Waals surface area contributed by atoms with Gasteiger partial charge in [-0.3, -0.25) is 0 Å². The number of aryl methyl sites for hydroxylation is 1. The molecule has 1 heteroatoms. The molecule has 1 aromatic carbocycles. The summed E-state index contributed by atoms with van der Waals surface area (Å²) in [6.07, 6.45) is 6.10. The number of allylic oxidation sites excluding steroid dienone is 2. The number of hydrogen-bond acceptors (Lipinski definition) is 0. The first-order chi connectivity index (χ1) is 6.24. The topological polar surface area (TPSA) is 3.01 Å². The molecule has 1 nitrogen and oxygen atoms in total. The molecular formula is C12H16N+. The monoisotopic (exact) mass is 174 g/mol. The summed E-state index contributed by atoms with van der Waals surface area (Å²) in [5.74, 6) is 0. The Balaban J connectivity index is 2.94. The van der Waals surface area contributed by atoms with Crippen molar-refractivity contribution in [2.45, 2.75) is 13.8 Å². The molecule has 0 bridgehead atoms. The zero-order valence-corrected chi connectivity index (χ0v) is 8.49. The zero-order valence-electron chi connectivity index (χ0n) is 8.49. The van der Waals surface area contributed by atoms with Crippen LogP contribution in [0.3, 0.4) is 0 Å². The van der Waals surface area contributed by atoms with E-state index in [0.29, 0.717) is 0 Å². The molecule has 0 N–H and O–H groups in total. The molecule has 0 aliphatic heterocycles. The summed E-state index contributed by atoms with van der Waals surface area (Å²) in [4.78, 5) is 0. The van der Waals surface area contributed by atoms with Crippen LogP contribution in [-0.2, 0) is 0 Å². The van der Waals surface area contributed by atoms with E-state index in [9.17, 15) is 0 Å². The Morgan fingerprint density at radius 1 is 1.31 bits per heavy atom. The van der Waals surface area contributed by atoms with Gasteiger partial charge in [0, 0.05) is 12.1 Å². The Morgan fingerprint density at radius 3 is 2.69 bits per heavy atom. The minimum absolute atomic E-state index is 1.22. The third-order valence-corrected chi connectivity index (χ3v) is 1.91. The van der Waals surface area contributed by atoms with E-state index in [-0.39, 0.29) is 0 Å². The summed E-state index contributed by atoms with van der Waals surface area (Å²) in [5, 5.41) is 0. The summed E-state index contributed by atoms with van der Waals surface area (Å²) in [6.45, 7) is 4.12. The fourth-order valence-electron chi connectivity index (χ4n) is 1.15. The van der Waals surface area contributed by atoms with Crippen LogP contribution in [0.4, 0.5) is 5.69 Å². The standard InChI is InChI=1S/C12H16N/c1-4-5-9-13(3)12-8-6-7-11(2)10-12/h4-10H,1-3H3/q+1/b5-4-,13-9+. The van der Waals surface area contributed by atoms with Gasteiger partial charge in [-0.2, -0.15) is 0 Å². The van der Waals surface area contributed by atoms with E-state index in [2.05, 4.69) is 49.0 Å². The van der Waals surface area contributed by atoms with Gasteiger partial charge >= 0.3 is 0 Å². The lowest BCUT2D eigenvalue weighted by Crippen LogP contribution is -1.97. The molecule has 1 aromatic rings. The van der Waals surface area contributed by atoms with E-state index >= 15 is 0 Å². The highest BCUT2D eigenvalue weighted by atomic mass is 15.0. The van der Waals surface area contributed by atoms with Gasteiger partial charge in [0.2, 0.25) is 5.69 Å². The van der Waals surface area contributed by atoms with E-state index in [0.717, 1.165) is 0 Å². The summed E-state index contributed by atoms with van der Waals surface area (Å²) in [6, 6.07) is 8.45. The van der Waals surface area contributed by atoms with E-state index in [4.69, 9.17) is 0 Å². The number of benzene rings is 1. The van der Waals surface area contributed by atoms with E-state index in [1.165, 1.54) is 11.3 Å². The Bertz CT molecular complexity index is 335. The second kappa shape index (κ2) is 4.61. The molecule has 0 aliphatic carbocycles. The fraction of sp³-hybridized carbons (Fsp3) is 0.250. The maximum atomic E-state index is 2.17. The molecule has 1 rings (SSSR count). The van der Waals surface area contributed by atoms with Crippen molar-refractivity contribution in [3.05, 3.63) is 42.0 Å². The van der Waals surface area contributed by atoms with Gasteiger partial charge in [0.25, 0.3) is 0 Å². The van der Waals surface area contributed by atoms with Crippen LogP contribution in [0, 0.1) is 6.92 Å². The Labute approximate surface area is 80.0 Å². The van der Waals surface area contributed by atoms with Crippen molar-refractivity contribution in [3.8, 4) is 0 Å². The fourth-order valence-corrected chi connectivity index (χ4v) is 1.15. The van der Waals surface area contributed by atoms with E-state index in [1.54, 1.807) is 0 Å². The van der Waals surface area contributed by atoms with E-state index in [1.807, 2.05) is 19.1 Å². The first-order valence-electron chi connectivity index (χ1n) is 4.49. The molecule has 0 radical (unpaired) electrons. The highest BCUT2D eigenvalue weighted by molar-refractivity contribution is 5.67. The third kappa shape index (κ3) is 2.86. The summed E-state index contributed by atoms with van der Waals surface area (Å²) < 4.78 is 2.10. The van der Waals surface area contributed by atoms with Crippen LogP contribution in [0.15, 0.2) is 36.4 Å². The normalized spacial score (nSPS) is 12.4. The largest absolute Gasteiger partial charge is 0.205 e. The first-order valence-corrected chi connectivity index (χ1v) is 4.49. The predicted octanol–water partition coefficient (Wildman–Crippen LogP) is 2.92. The Hall–Kier alpha value is -1.37. The van der Waals surface area contributed by atoms with Crippen LogP contribution in [0.1, 0.15) is 12.5 Å². The lowest BCUT2D eigenvalue weighted by molar-refractivity contribution is -0.398. The molecule has 0 fully saturated rings. The van der Waals surface area contributed by atoms with Crippen molar-refractivity contribution in [1.29, 1.82) is 0 Å². The quantitative estimate of drug-likeness (QED) is 0.479. The molecular weight excluding hydrogens is 158 g/mol. The van der Waals surface area contributed by atoms with Gasteiger partial charge in [0.1, 0.15) is 7.05 Å². The van der Waals surface area contributed by atoms with Crippen LogP contribution < -0.4 is 0 Å². The second-order valence-corrected chi connectivity index (χ2v) is 3.12. The van der Waals surface area contributed by atoms with Crippen molar-refractivity contribution in [2.75, 3.05) is 7.05 Å². The molecule has 0 unspecified atom stereocenters. The van der Waals surface area contributed by atoms with Crippen LogP contribution in [0.25, 0.3) is 0 Å². The van der Waals surface area contributed by atoms with Crippen molar-refractivity contribution in [1.82, 2.24) is 0 Å². The first kappa shape index (κ1) is 9.72. The highest BCUT2D eigenvalue weighted by Crippen LogP contribution is 2.11. The molecule has 0 saturated heterocycles. The Morgan fingerprint density at radius 2 is 2.08 bits per heavy atom. The van der Waals surface area contributed by atoms with Gasteiger partial charge in [-0.1, -0.05) is 18.2 Å². The van der Waals surface area contributed by atoms with Gasteiger partial charge in [-0.25, -0.2) is 4.58 Å². The second-order valence-electron chi connectivity index (χ2n) is 3.12. The number of hydrogen-bond donors (Lipinski definition) is 0. The SMILES string of the molecule is C/C=C\C=[N+](/C)c1cccc(C)c1. The molecule has 13 heavy (non-hydrogen) atoms. The van der Waals surface area contributed by atoms with Crippen LogP contribution >= 0.6 is 0 Å².